The van der Waals surface area contributed by atoms with E-state index in [1.165, 1.54) is 0 Å². The summed E-state index contributed by atoms with van der Waals surface area (Å²) < 4.78 is 0. The molecule has 0 saturated carbocycles. The van der Waals surface area contributed by atoms with E-state index in [-0.39, 0.29) is 36.5 Å². The first-order chi connectivity index (χ1) is 2.00. The zero-order valence-electron chi connectivity index (χ0n) is 2.94. The Morgan fingerprint density at radius 3 is 0.857 bits per heavy atom. The van der Waals surface area contributed by atoms with Crippen molar-refractivity contribution < 1.29 is 55.7 Å². The minimum Gasteiger partial charge on any atom is -0.368 e. The largest absolute Gasteiger partial charge is 0.668 e. The van der Waals surface area contributed by atoms with E-state index >= 15 is 0 Å². The summed E-state index contributed by atoms with van der Waals surface area (Å²) >= 11 is 0. The first kappa shape index (κ1) is 15.7. The zero-order valence-corrected chi connectivity index (χ0v) is 6.62. The monoisotopic (exact) mass is 261 g/mol. The number of hydrogen-bond donors (Lipinski definition) is 4. The molecule has 0 atom stereocenters. The fourth-order valence-electron chi connectivity index (χ4n) is 0. The van der Waals surface area contributed by atoms with E-state index in [1.54, 1.807) is 0 Å². The van der Waals surface area contributed by atoms with E-state index in [9.17, 15) is 0 Å². The Morgan fingerprint density at radius 2 is 0.857 bits per heavy atom. The summed E-state index contributed by atoms with van der Waals surface area (Å²) in [5.74, 6) is 0. The predicted octanol–water partition coefficient (Wildman–Crippen LogP) is -2.61. The van der Waals surface area contributed by atoms with Crippen LogP contribution in [0.15, 0.2) is 0 Å². The van der Waals surface area contributed by atoms with Crippen molar-refractivity contribution in [2.24, 2.45) is 0 Å². The van der Waals surface area contributed by atoms with Gasteiger partial charge in [0, 0.05) is 36.5 Å². The van der Waals surface area contributed by atoms with E-state index in [1.807, 2.05) is 0 Å². The van der Waals surface area contributed by atoms with Gasteiger partial charge >= 0.3 is 9.05 Å². The van der Waals surface area contributed by atoms with Gasteiger partial charge in [-0.05, 0) is 0 Å². The third-order valence-corrected chi connectivity index (χ3v) is 0. The summed E-state index contributed by atoms with van der Waals surface area (Å²) in [5.41, 5.74) is 0. The van der Waals surface area contributed by atoms with Crippen molar-refractivity contribution >= 4 is 9.05 Å². The van der Waals surface area contributed by atoms with Crippen molar-refractivity contribution in [2.45, 2.75) is 0 Å². The zero-order chi connectivity index (χ0) is 4.50. The van der Waals surface area contributed by atoms with Crippen LogP contribution in [-0.2, 0) is 36.5 Å². The number of rotatable bonds is 0. The summed E-state index contributed by atoms with van der Waals surface area (Å²) in [6, 6.07) is 0. The molecule has 0 heterocycles. The van der Waals surface area contributed by atoms with Gasteiger partial charge in [0.1, 0.15) is 0 Å². The van der Waals surface area contributed by atoms with E-state index in [4.69, 9.17) is 19.2 Å². The van der Waals surface area contributed by atoms with Crippen LogP contribution in [0.4, 0.5) is 0 Å². The van der Waals surface area contributed by atoms with Gasteiger partial charge in [-0.1, -0.05) is 0 Å². The minimum atomic E-state index is -4.61. The molecule has 7 heteroatoms. The Kier molecular flexibility index (Phi) is 12.0. The second-order valence-corrected chi connectivity index (χ2v) is 1.80. The van der Waals surface area contributed by atoms with Crippen LogP contribution in [0.1, 0.15) is 0 Å². The van der Waals surface area contributed by atoms with Crippen molar-refractivity contribution in [1.82, 2.24) is 0 Å². The second-order valence-electron chi connectivity index (χ2n) is 0.600. The number of hydrogen-bond acceptors (Lipinski definition) is 4. The Morgan fingerprint density at radius 1 is 0.857 bits per heavy atom. The van der Waals surface area contributed by atoms with Crippen LogP contribution >= 0.6 is 0 Å². The molecule has 51 valence electrons. The normalized spacial score (nSPS) is 8.57. The summed E-state index contributed by atoms with van der Waals surface area (Å²) in [6.45, 7) is 0. The van der Waals surface area contributed by atoms with Gasteiger partial charge in [-0.2, -0.15) is 0 Å². The molecule has 4 N–H and O–H groups in total. The van der Waals surface area contributed by atoms with E-state index in [0.717, 1.165) is 0 Å². The molecule has 0 saturated heterocycles. The third kappa shape index (κ3) is 135. The first-order valence-electron chi connectivity index (χ1n) is 0.894. The van der Waals surface area contributed by atoms with Crippen molar-refractivity contribution in [3.8, 4) is 0 Å². The van der Waals surface area contributed by atoms with Gasteiger partial charge in [-0.25, -0.2) is 0 Å². The van der Waals surface area contributed by atoms with Crippen LogP contribution in [0.2, 0.25) is 0 Å². The van der Waals surface area contributed by atoms with Crippen molar-refractivity contribution in [1.29, 1.82) is 0 Å². The summed E-state index contributed by atoms with van der Waals surface area (Å²) in [5, 5.41) is 0. The molecular weight excluding hydrogens is 257 g/mol. The molecule has 1 radical (unpaired) electrons. The van der Waals surface area contributed by atoms with Crippen LogP contribution in [0.5, 0.6) is 0 Å². The molecular formula is H4CuO4RuSi. The Bertz CT molecular complexity index is 27.2. The quantitative estimate of drug-likeness (QED) is 0.360. The van der Waals surface area contributed by atoms with Crippen LogP contribution < -0.4 is 0 Å². The van der Waals surface area contributed by atoms with E-state index in [0.29, 0.717) is 0 Å². The summed E-state index contributed by atoms with van der Waals surface area (Å²) in [7, 11) is -4.61. The van der Waals surface area contributed by atoms with Crippen LogP contribution in [-0.4, -0.2) is 28.2 Å². The molecule has 0 fully saturated rings. The average molecular weight is 261 g/mol. The second kappa shape index (κ2) is 5.34. The van der Waals surface area contributed by atoms with E-state index < -0.39 is 9.05 Å². The SMILES string of the molecule is O[Si](O)(O)O.[Cu].[Ru]. The van der Waals surface area contributed by atoms with Gasteiger partial charge < -0.3 is 19.2 Å². The minimum absolute atomic E-state index is 0. The topological polar surface area (TPSA) is 80.9 Å². The Labute approximate surface area is 64.9 Å². The maximum Gasteiger partial charge on any atom is 0.668 e. The standard InChI is InChI=1S/Cu.H4O4Si.Ru/c;1-5(2,3)4;/h;1-4H;. The molecule has 0 aromatic carbocycles. The third-order valence-electron chi connectivity index (χ3n) is 0. The van der Waals surface area contributed by atoms with Gasteiger partial charge in [-0.3, -0.25) is 0 Å². The van der Waals surface area contributed by atoms with Gasteiger partial charge in [-0.15, -0.1) is 0 Å². The molecule has 7 heavy (non-hydrogen) atoms. The van der Waals surface area contributed by atoms with Crippen LogP contribution in [0.3, 0.4) is 0 Å². The molecule has 0 aliphatic heterocycles. The molecule has 0 rings (SSSR count). The average Bonchev–Trinajstić information content (AvgIpc) is 0.722. The van der Waals surface area contributed by atoms with E-state index in [2.05, 4.69) is 0 Å². The molecule has 0 amide bonds. The van der Waals surface area contributed by atoms with Gasteiger partial charge in [0.25, 0.3) is 0 Å². The maximum atomic E-state index is 7.33. The summed E-state index contributed by atoms with van der Waals surface area (Å²) in [4.78, 5) is 29.3. The van der Waals surface area contributed by atoms with Gasteiger partial charge in [0.15, 0.2) is 0 Å². The van der Waals surface area contributed by atoms with Crippen LogP contribution in [0.25, 0.3) is 0 Å². The van der Waals surface area contributed by atoms with Crippen molar-refractivity contribution in [3.05, 3.63) is 0 Å². The molecule has 4 nitrogen and oxygen atoms in total. The van der Waals surface area contributed by atoms with Gasteiger partial charge in [0.05, 0.1) is 0 Å². The summed E-state index contributed by atoms with van der Waals surface area (Å²) in [6.07, 6.45) is 0. The maximum absolute atomic E-state index is 7.33. The Balaban J connectivity index is -0.0000000800. The fourth-order valence-corrected chi connectivity index (χ4v) is 0. The molecule has 0 unspecified atom stereocenters. The molecule has 0 aliphatic rings. The molecule has 0 aromatic heterocycles. The van der Waals surface area contributed by atoms with Gasteiger partial charge in [0.2, 0.25) is 0 Å². The van der Waals surface area contributed by atoms with Crippen LogP contribution in [0, 0.1) is 0 Å². The molecule has 0 bridgehead atoms. The molecule has 0 aliphatic carbocycles. The smallest absolute Gasteiger partial charge is 0.368 e. The van der Waals surface area contributed by atoms with Crippen molar-refractivity contribution in [2.75, 3.05) is 0 Å². The first-order valence-corrected chi connectivity index (χ1v) is 2.68. The Hall–Kier alpha value is 1.20. The molecule has 0 aromatic rings. The molecule has 0 spiro atoms. The van der Waals surface area contributed by atoms with Crippen molar-refractivity contribution in [3.63, 3.8) is 0 Å². The fraction of sp³-hybridized carbons (Fsp3) is 0. The predicted molar refractivity (Wildman–Crippen MR) is 14.6 cm³/mol.